The van der Waals surface area contributed by atoms with Gasteiger partial charge in [-0.2, -0.15) is 10.2 Å². The third kappa shape index (κ3) is 2.97. The molecule has 0 fully saturated rings. The standard InChI is InChI=1S/C12H11ClN4O2/c1-7-10(15-17-11(7)18)12(19)16-14-6-8-4-2-3-5-9(8)13/h2-7H,1H3,(H,16,19)(H,17,18). The maximum absolute atomic E-state index is 11.7. The largest absolute Gasteiger partial charge is 0.288 e. The summed E-state index contributed by atoms with van der Waals surface area (Å²) >= 11 is 5.93. The van der Waals surface area contributed by atoms with E-state index in [2.05, 4.69) is 21.1 Å². The molecule has 0 bridgehead atoms. The predicted octanol–water partition coefficient (Wildman–Crippen LogP) is 0.912. The molecule has 0 saturated heterocycles. The summed E-state index contributed by atoms with van der Waals surface area (Å²) in [4.78, 5) is 22.9. The van der Waals surface area contributed by atoms with Crippen molar-refractivity contribution < 1.29 is 9.59 Å². The monoisotopic (exact) mass is 278 g/mol. The Balaban J connectivity index is 1.98. The highest BCUT2D eigenvalue weighted by atomic mass is 35.5. The Bertz CT molecular complexity index is 583. The second-order valence-electron chi connectivity index (χ2n) is 3.92. The smallest absolute Gasteiger partial charge is 0.272 e. The Morgan fingerprint density at radius 3 is 2.89 bits per heavy atom. The van der Waals surface area contributed by atoms with Crippen LogP contribution in [0.4, 0.5) is 0 Å². The molecule has 1 heterocycles. The summed E-state index contributed by atoms with van der Waals surface area (Å²) < 4.78 is 0. The van der Waals surface area contributed by atoms with E-state index in [9.17, 15) is 9.59 Å². The van der Waals surface area contributed by atoms with E-state index in [4.69, 9.17) is 11.6 Å². The van der Waals surface area contributed by atoms with Gasteiger partial charge in [0.2, 0.25) is 5.91 Å². The van der Waals surface area contributed by atoms with Crippen LogP contribution in [0.2, 0.25) is 5.02 Å². The Labute approximate surface area is 114 Å². The molecule has 0 saturated carbocycles. The van der Waals surface area contributed by atoms with Crippen molar-refractivity contribution in [2.45, 2.75) is 6.92 Å². The molecule has 0 aromatic heterocycles. The average Bonchev–Trinajstić information content (AvgIpc) is 2.72. The van der Waals surface area contributed by atoms with Gasteiger partial charge >= 0.3 is 0 Å². The van der Waals surface area contributed by atoms with Crippen LogP contribution in [0.15, 0.2) is 34.5 Å². The van der Waals surface area contributed by atoms with Gasteiger partial charge in [-0.05, 0) is 13.0 Å². The zero-order valence-corrected chi connectivity index (χ0v) is 10.8. The maximum atomic E-state index is 11.7. The van der Waals surface area contributed by atoms with E-state index >= 15 is 0 Å². The van der Waals surface area contributed by atoms with Gasteiger partial charge in [0, 0.05) is 10.6 Å². The number of nitrogens with one attached hydrogen (secondary N) is 2. The summed E-state index contributed by atoms with van der Waals surface area (Å²) in [5.74, 6) is -1.40. The molecule has 0 spiro atoms. The number of hydrogen-bond donors (Lipinski definition) is 2. The molecule has 98 valence electrons. The minimum atomic E-state index is -0.574. The van der Waals surface area contributed by atoms with Gasteiger partial charge in [0.25, 0.3) is 5.91 Å². The minimum absolute atomic E-state index is 0.112. The highest BCUT2D eigenvalue weighted by Crippen LogP contribution is 2.12. The zero-order valence-electron chi connectivity index (χ0n) is 10.1. The summed E-state index contributed by atoms with van der Waals surface area (Å²) in [6, 6.07) is 7.08. The average molecular weight is 279 g/mol. The number of carbonyl (C=O) groups is 2. The number of benzene rings is 1. The van der Waals surface area contributed by atoms with Crippen molar-refractivity contribution in [2.24, 2.45) is 16.1 Å². The van der Waals surface area contributed by atoms with Crippen molar-refractivity contribution in [3.63, 3.8) is 0 Å². The molecule has 1 aliphatic heterocycles. The van der Waals surface area contributed by atoms with Crippen LogP contribution in [0.1, 0.15) is 12.5 Å². The van der Waals surface area contributed by atoms with E-state index in [1.54, 1.807) is 31.2 Å². The van der Waals surface area contributed by atoms with E-state index in [-0.39, 0.29) is 11.6 Å². The molecule has 2 N–H and O–H groups in total. The Morgan fingerprint density at radius 2 is 2.26 bits per heavy atom. The molecule has 1 aliphatic rings. The SMILES string of the molecule is CC1C(=O)NN=C1C(=O)NN=Cc1ccccc1Cl. The lowest BCUT2D eigenvalue weighted by Crippen LogP contribution is -2.32. The number of halogens is 1. The number of amides is 2. The summed E-state index contributed by atoms with van der Waals surface area (Å²) in [6.07, 6.45) is 1.43. The van der Waals surface area contributed by atoms with Crippen molar-refractivity contribution >= 4 is 35.3 Å². The molecule has 6 nitrogen and oxygen atoms in total. The van der Waals surface area contributed by atoms with Gasteiger partial charge in [-0.1, -0.05) is 29.8 Å². The number of hydrazone groups is 2. The Kier molecular flexibility index (Phi) is 3.91. The fraction of sp³-hybridized carbons (Fsp3) is 0.167. The van der Waals surface area contributed by atoms with Crippen LogP contribution in [-0.4, -0.2) is 23.7 Å². The molecule has 1 aromatic rings. The van der Waals surface area contributed by atoms with Crippen molar-refractivity contribution in [1.82, 2.24) is 10.9 Å². The van der Waals surface area contributed by atoms with Gasteiger partial charge in [0.1, 0.15) is 5.71 Å². The number of rotatable bonds is 3. The minimum Gasteiger partial charge on any atom is -0.272 e. The Morgan fingerprint density at radius 1 is 1.53 bits per heavy atom. The summed E-state index contributed by atoms with van der Waals surface area (Å²) in [5, 5.41) is 7.95. The Hall–Kier alpha value is -2.21. The summed E-state index contributed by atoms with van der Waals surface area (Å²) in [6.45, 7) is 1.60. The first-order chi connectivity index (χ1) is 9.09. The molecule has 2 rings (SSSR count). The van der Waals surface area contributed by atoms with Crippen LogP contribution in [0.3, 0.4) is 0 Å². The van der Waals surface area contributed by atoms with E-state index < -0.39 is 11.8 Å². The van der Waals surface area contributed by atoms with Crippen LogP contribution in [-0.2, 0) is 9.59 Å². The quantitative estimate of drug-likeness (QED) is 0.636. The van der Waals surface area contributed by atoms with Crippen LogP contribution in [0.5, 0.6) is 0 Å². The van der Waals surface area contributed by atoms with Crippen molar-refractivity contribution in [3.8, 4) is 0 Å². The lowest BCUT2D eigenvalue weighted by atomic mass is 10.1. The predicted molar refractivity (Wildman–Crippen MR) is 71.9 cm³/mol. The highest BCUT2D eigenvalue weighted by Gasteiger charge is 2.30. The number of carbonyl (C=O) groups excluding carboxylic acids is 2. The molecule has 1 atom stereocenters. The number of nitrogens with zero attached hydrogens (tertiary/aromatic N) is 2. The second-order valence-corrected chi connectivity index (χ2v) is 4.32. The summed E-state index contributed by atoms with van der Waals surface area (Å²) in [5.41, 5.74) is 5.33. The molecule has 0 radical (unpaired) electrons. The molecule has 0 aliphatic carbocycles. The molecule has 1 aromatic carbocycles. The zero-order chi connectivity index (χ0) is 13.8. The lowest BCUT2D eigenvalue weighted by molar-refractivity contribution is -0.122. The van der Waals surface area contributed by atoms with Crippen molar-refractivity contribution in [1.29, 1.82) is 0 Å². The fourth-order valence-electron chi connectivity index (χ4n) is 1.48. The topological polar surface area (TPSA) is 82.9 Å². The highest BCUT2D eigenvalue weighted by molar-refractivity contribution is 6.44. The normalized spacial score (nSPS) is 18.3. The van der Waals surface area contributed by atoms with E-state index in [1.807, 2.05) is 0 Å². The van der Waals surface area contributed by atoms with Gasteiger partial charge in [0.05, 0.1) is 12.1 Å². The molecular formula is C12H11ClN4O2. The first kappa shape index (κ1) is 13.2. The van der Waals surface area contributed by atoms with Gasteiger partial charge in [0.15, 0.2) is 0 Å². The van der Waals surface area contributed by atoms with Crippen molar-refractivity contribution in [3.05, 3.63) is 34.9 Å². The second kappa shape index (κ2) is 5.62. The van der Waals surface area contributed by atoms with Gasteiger partial charge in [-0.15, -0.1) is 0 Å². The maximum Gasteiger partial charge on any atom is 0.288 e. The fourth-order valence-corrected chi connectivity index (χ4v) is 1.66. The van der Waals surface area contributed by atoms with Gasteiger partial charge in [-0.3, -0.25) is 9.59 Å². The first-order valence-corrected chi connectivity index (χ1v) is 5.92. The van der Waals surface area contributed by atoms with E-state index in [0.29, 0.717) is 10.6 Å². The molecule has 2 amide bonds. The molecule has 7 heteroatoms. The third-order valence-corrected chi connectivity index (χ3v) is 2.94. The van der Waals surface area contributed by atoms with Gasteiger partial charge < -0.3 is 0 Å². The van der Waals surface area contributed by atoms with Crippen LogP contribution in [0, 0.1) is 5.92 Å². The van der Waals surface area contributed by atoms with Crippen LogP contribution >= 0.6 is 11.6 Å². The van der Waals surface area contributed by atoms with Crippen molar-refractivity contribution in [2.75, 3.05) is 0 Å². The first-order valence-electron chi connectivity index (χ1n) is 5.55. The summed E-state index contributed by atoms with van der Waals surface area (Å²) in [7, 11) is 0. The van der Waals surface area contributed by atoms with Gasteiger partial charge in [-0.25, -0.2) is 10.9 Å². The number of hydrogen-bond acceptors (Lipinski definition) is 4. The third-order valence-electron chi connectivity index (χ3n) is 2.60. The van der Waals surface area contributed by atoms with E-state index in [1.165, 1.54) is 6.21 Å². The van der Waals surface area contributed by atoms with E-state index in [0.717, 1.165) is 0 Å². The molecular weight excluding hydrogens is 268 g/mol. The van der Waals surface area contributed by atoms with Crippen LogP contribution < -0.4 is 10.9 Å². The molecule has 19 heavy (non-hydrogen) atoms. The van der Waals surface area contributed by atoms with Crippen LogP contribution in [0.25, 0.3) is 0 Å². The molecule has 1 unspecified atom stereocenters. The lowest BCUT2D eigenvalue weighted by Gasteiger charge is -2.02.